The maximum Gasteiger partial charge on any atom is 0.127 e. The Kier molecular flexibility index (Phi) is 2.94. The zero-order valence-electron chi connectivity index (χ0n) is 8.67. The molecule has 0 saturated heterocycles. The topological polar surface area (TPSA) is 54.7 Å². The number of H-pyrrole nitrogens is 1. The molecule has 1 unspecified atom stereocenters. The molecule has 0 aliphatic carbocycles. The maximum atomic E-state index is 13.4. The Morgan fingerprint density at radius 3 is 2.88 bits per heavy atom. The number of benzene rings is 1. The van der Waals surface area contributed by atoms with Crippen LogP contribution in [0, 0.1) is 12.7 Å². The normalized spacial score (nSPS) is 12.8. The molecule has 0 saturated carbocycles. The van der Waals surface area contributed by atoms with E-state index in [1.165, 1.54) is 6.07 Å². The second-order valence-corrected chi connectivity index (χ2v) is 3.98. The van der Waals surface area contributed by atoms with Crippen molar-refractivity contribution >= 4 is 11.6 Å². The Bertz CT molecular complexity index is 496. The molecule has 0 spiro atoms. The van der Waals surface area contributed by atoms with Gasteiger partial charge in [-0.15, -0.1) is 0 Å². The van der Waals surface area contributed by atoms with Crippen LogP contribution in [0.15, 0.2) is 24.5 Å². The molecule has 3 nitrogen and oxygen atoms in total. The number of hydrogen-bond donors (Lipinski definition) is 2. The fraction of sp³-hybridized carbons (Fsp3) is 0.182. The quantitative estimate of drug-likeness (QED) is 0.846. The van der Waals surface area contributed by atoms with Crippen LogP contribution in [-0.2, 0) is 0 Å². The number of aryl methyl sites for hydroxylation is 1. The van der Waals surface area contributed by atoms with E-state index in [0.717, 1.165) is 0 Å². The number of rotatable bonds is 2. The summed E-state index contributed by atoms with van der Waals surface area (Å²) < 4.78 is 13.4. The van der Waals surface area contributed by atoms with E-state index in [4.69, 9.17) is 17.3 Å². The van der Waals surface area contributed by atoms with Crippen molar-refractivity contribution in [2.75, 3.05) is 0 Å². The first-order valence-corrected chi connectivity index (χ1v) is 5.18. The van der Waals surface area contributed by atoms with Crippen molar-refractivity contribution < 1.29 is 4.39 Å². The summed E-state index contributed by atoms with van der Waals surface area (Å²) in [7, 11) is 0. The van der Waals surface area contributed by atoms with E-state index >= 15 is 0 Å². The lowest BCUT2D eigenvalue weighted by atomic mass is 10.0. The van der Waals surface area contributed by atoms with Crippen molar-refractivity contribution in [2.45, 2.75) is 13.0 Å². The maximum absolute atomic E-state index is 13.4. The molecule has 16 heavy (non-hydrogen) atoms. The number of nitrogens with one attached hydrogen (secondary N) is 1. The molecule has 0 amide bonds. The second kappa shape index (κ2) is 4.23. The Morgan fingerprint density at radius 1 is 1.50 bits per heavy atom. The van der Waals surface area contributed by atoms with Crippen LogP contribution in [0.25, 0.3) is 0 Å². The van der Waals surface area contributed by atoms with Crippen LogP contribution >= 0.6 is 11.6 Å². The molecule has 0 radical (unpaired) electrons. The molecule has 0 aliphatic heterocycles. The first kappa shape index (κ1) is 11.1. The summed E-state index contributed by atoms with van der Waals surface area (Å²) in [5.41, 5.74) is 6.96. The van der Waals surface area contributed by atoms with Gasteiger partial charge < -0.3 is 10.7 Å². The Labute approximate surface area is 97.5 Å². The molecule has 1 aromatic heterocycles. The summed E-state index contributed by atoms with van der Waals surface area (Å²) >= 11 is 6.02. The lowest BCUT2D eigenvalue weighted by Crippen LogP contribution is -2.14. The third-order valence-electron chi connectivity index (χ3n) is 2.43. The monoisotopic (exact) mass is 239 g/mol. The number of imidazole rings is 1. The number of nitrogens with zero attached hydrogens (tertiary/aromatic N) is 1. The molecule has 3 N–H and O–H groups in total. The van der Waals surface area contributed by atoms with E-state index in [2.05, 4.69) is 9.97 Å². The van der Waals surface area contributed by atoms with Crippen molar-refractivity contribution in [2.24, 2.45) is 5.73 Å². The average Bonchev–Trinajstić information content (AvgIpc) is 2.75. The van der Waals surface area contributed by atoms with E-state index in [0.29, 0.717) is 22.0 Å². The van der Waals surface area contributed by atoms with E-state index in [1.54, 1.807) is 25.4 Å². The number of hydrogen-bond acceptors (Lipinski definition) is 2. The number of halogens is 2. The summed E-state index contributed by atoms with van der Waals surface area (Å²) in [4.78, 5) is 6.90. The van der Waals surface area contributed by atoms with Crippen LogP contribution in [0.5, 0.6) is 0 Å². The van der Waals surface area contributed by atoms with Crippen molar-refractivity contribution in [3.8, 4) is 0 Å². The highest BCUT2D eigenvalue weighted by Crippen LogP contribution is 2.27. The highest BCUT2D eigenvalue weighted by Gasteiger charge is 2.16. The summed E-state index contributed by atoms with van der Waals surface area (Å²) in [5, 5.41) is 0.447. The van der Waals surface area contributed by atoms with Crippen LogP contribution in [-0.4, -0.2) is 9.97 Å². The summed E-state index contributed by atoms with van der Waals surface area (Å²) in [6.07, 6.45) is 3.25. The van der Waals surface area contributed by atoms with Crippen molar-refractivity contribution in [3.05, 3.63) is 52.3 Å². The molecule has 2 aromatic rings. The van der Waals surface area contributed by atoms with Crippen LogP contribution in [0.4, 0.5) is 4.39 Å². The van der Waals surface area contributed by atoms with Gasteiger partial charge in [-0.05, 0) is 30.2 Å². The largest absolute Gasteiger partial charge is 0.347 e. The molecule has 0 aliphatic rings. The highest BCUT2D eigenvalue weighted by molar-refractivity contribution is 6.31. The minimum Gasteiger partial charge on any atom is -0.347 e. The van der Waals surface area contributed by atoms with Gasteiger partial charge in [-0.2, -0.15) is 0 Å². The summed E-state index contributed by atoms with van der Waals surface area (Å²) in [6.45, 7) is 1.66. The Morgan fingerprint density at radius 2 is 2.25 bits per heavy atom. The highest BCUT2D eigenvalue weighted by atomic mass is 35.5. The minimum atomic E-state index is -0.544. The van der Waals surface area contributed by atoms with Crippen LogP contribution in [0.2, 0.25) is 5.02 Å². The first-order valence-electron chi connectivity index (χ1n) is 4.80. The predicted octanol–water partition coefficient (Wildman–Crippen LogP) is 2.56. The average molecular weight is 240 g/mol. The standard InChI is InChI=1S/C11H11ClFN3/c1-6-4-8(12)7(5-9(6)13)10(14)11-15-2-3-16-11/h2-5,10H,14H2,1H3,(H,15,16). The third-order valence-corrected chi connectivity index (χ3v) is 2.75. The molecular formula is C11H11ClFN3. The van der Waals surface area contributed by atoms with Gasteiger partial charge in [0.25, 0.3) is 0 Å². The van der Waals surface area contributed by atoms with Crippen LogP contribution < -0.4 is 5.73 Å². The zero-order valence-corrected chi connectivity index (χ0v) is 9.42. The minimum absolute atomic E-state index is 0.318. The van der Waals surface area contributed by atoms with E-state index in [-0.39, 0.29) is 5.82 Å². The second-order valence-electron chi connectivity index (χ2n) is 3.57. The smallest absolute Gasteiger partial charge is 0.127 e. The molecule has 84 valence electrons. The van der Waals surface area contributed by atoms with Gasteiger partial charge in [0.15, 0.2) is 0 Å². The lowest BCUT2D eigenvalue weighted by Gasteiger charge is -2.12. The van der Waals surface area contributed by atoms with Crippen LogP contribution in [0.3, 0.4) is 0 Å². The van der Waals surface area contributed by atoms with Gasteiger partial charge in [-0.25, -0.2) is 9.37 Å². The summed E-state index contributed by atoms with van der Waals surface area (Å²) in [6, 6.07) is 2.37. The number of nitrogens with two attached hydrogens (primary N) is 1. The zero-order chi connectivity index (χ0) is 11.7. The molecule has 0 fully saturated rings. The molecular weight excluding hydrogens is 229 g/mol. The molecule has 1 atom stereocenters. The van der Waals surface area contributed by atoms with Gasteiger partial charge in [-0.1, -0.05) is 11.6 Å². The van der Waals surface area contributed by atoms with Crippen molar-refractivity contribution in [1.82, 2.24) is 9.97 Å². The van der Waals surface area contributed by atoms with Gasteiger partial charge in [0, 0.05) is 17.4 Å². The molecule has 0 bridgehead atoms. The predicted molar refractivity (Wildman–Crippen MR) is 60.8 cm³/mol. The molecule has 1 heterocycles. The molecule has 5 heteroatoms. The van der Waals surface area contributed by atoms with Crippen molar-refractivity contribution in [3.63, 3.8) is 0 Å². The SMILES string of the molecule is Cc1cc(Cl)c(C(N)c2ncc[nH]2)cc1F. The number of aromatic nitrogens is 2. The third kappa shape index (κ3) is 1.94. The van der Waals surface area contributed by atoms with Gasteiger partial charge in [0.1, 0.15) is 11.6 Å². The van der Waals surface area contributed by atoms with Gasteiger partial charge in [0.2, 0.25) is 0 Å². The number of aromatic amines is 1. The summed E-state index contributed by atoms with van der Waals surface area (Å²) in [5.74, 6) is 0.242. The fourth-order valence-corrected chi connectivity index (χ4v) is 1.83. The first-order chi connectivity index (χ1) is 7.59. The lowest BCUT2D eigenvalue weighted by molar-refractivity contribution is 0.613. The van der Waals surface area contributed by atoms with E-state index in [1.807, 2.05) is 0 Å². The fourth-order valence-electron chi connectivity index (χ4n) is 1.49. The van der Waals surface area contributed by atoms with Gasteiger partial charge in [0.05, 0.1) is 6.04 Å². The molecule has 2 rings (SSSR count). The van der Waals surface area contributed by atoms with Gasteiger partial charge >= 0.3 is 0 Å². The molecule has 1 aromatic carbocycles. The Balaban J connectivity index is 2.44. The van der Waals surface area contributed by atoms with Gasteiger partial charge in [-0.3, -0.25) is 0 Å². The van der Waals surface area contributed by atoms with E-state index < -0.39 is 6.04 Å². The Hall–Kier alpha value is -1.39. The van der Waals surface area contributed by atoms with Crippen molar-refractivity contribution in [1.29, 1.82) is 0 Å². The van der Waals surface area contributed by atoms with E-state index in [9.17, 15) is 4.39 Å². The van der Waals surface area contributed by atoms with Crippen LogP contribution in [0.1, 0.15) is 23.0 Å².